The lowest BCUT2D eigenvalue weighted by molar-refractivity contribution is -0.144. The number of aliphatic hydroxyl groups excluding tert-OH is 3. The van der Waals surface area contributed by atoms with E-state index in [4.69, 9.17) is 53.6 Å². The van der Waals surface area contributed by atoms with Crippen LogP contribution < -0.4 is 23.7 Å². The molecule has 0 aliphatic heterocycles. The maximum atomic E-state index is 11.7. The van der Waals surface area contributed by atoms with Gasteiger partial charge in [-0.3, -0.25) is 14.4 Å². The van der Waals surface area contributed by atoms with E-state index >= 15 is 0 Å². The summed E-state index contributed by atoms with van der Waals surface area (Å²) in [7, 11) is 0. The van der Waals surface area contributed by atoms with Crippen LogP contribution in [0.25, 0.3) is 12.2 Å². The van der Waals surface area contributed by atoms with Crippen molar-refractivity contribution in [3.63, 3.8) is 0 Å². The summed E-state index contributed by atoms with van der Waals surface area (Å²) in [4.78, 5) is 34.7. The van der Waals surface area contributed by atoms with Crippen molar-refractivity contribution >= 4 is 30.1 Å². The maximum Gasteiger partial charge on any atom is 0.316 e. The number of aromatic hydroxyl groups is 1. The third-order valence-corrected chi connectivity index (χ3v) is 19.0. The van der Waals surface area contributed by atoms with Gasteiger partial charge in [-0.2, -0.15) is 0 Å². The Morgan fingerprint density at radius 2 is 0.609 bits per heavy atom. The SMILES string of the molecule is C=Cc1ccc(OC(C)OCC)cc1.C=Cc1ccccc1.CC(C)C(=O)Oc1ccc(CO)cc1.CCC(C)(C)C(=O)Oc1ccc(CO)cc1.CCC(C)(C)C(=O)Oc1ccc(CO)cc1.CCC(C)c1ccc(O)cc1.CCC(C)c1ccccc1.CCC(C)c1ccccc1.CCOC(C)Oc1ccc(C(C)CC)cc1. The molecule has 0 heterocycles. The highest BCUT2D eigenvalue weighted by molar-refractivity contribution is 5.79. The van der Waals surface area contributed by atoms with E-state index in [1.807, 2.05) is 154 Å². The summed E-state index contributed by atoms with van der Waals surface area (Å²) in [6.07, 6.45) is 9.49. The minimum atomic E-state index is -0.463. The fraction of sp³-hybridized carbons (Fsp3) is 0.396. The van der Waals surface area contributed by atoms with Crippen LogP contribution in [0.4, 0.5) is 0 Å². The van der Waals surface area contributed by atoms with E-state index in [1.54, 1.807) is 105 Å². The monoisotopic (exact) mass is 1580 g/mol. The van der Waals surface area contributed by atoms with Gasteiger partial charge in [0, 0.05) is 13.2 Å². The molecule has 0 spiro atoms. The van der Waals surface area contributed by atoms with Gasteiger partial charge >= 0.3 is 17.9 Å². The largest absolute Gasteiger partial charge is 0.508 e. The summed E-state index contributed by atoms with van der Waals surface area (Å²) in [5.74, 6) is 5.36. The molecule has 14 heteroatoms. The molecule has 626 valence electrons. The molecule has 0 aliphatic rings. The second kappa shape index (κ2) is 59.7. The Labute approximate surface area is 691 Å². The molecule has 0 aliphatic carbocycles. The average molecular weight is 1580 g/mol. The molecule has 4 N–H and O–H groups in total. The molecule has 9 rings (SSSR count). The molecule has 0 aromatic heterocycles. The average Bonchev–Trinajstić information content (AvgIpc) is 0.866. The zero-order valence-corrected chi connectivity index (χ0v) is 72.8. The predicted octanol–water partition coefficient (Wildman–Crippen LogP) is 25.5. The normalized spacial score (nSPS) is 12.0. The van der Waals surface area contributed by atoms with Crippen LogP contribution in [0.2, 0.25) is 0 Å². The molecule has 9 aromatic carbocycles. The van der Waals surface area contributed by atoms with Crippen molar-refractivity contribution in [2.75, 3.05) is 13.2 Å². The second-order valence-corrected chi connectivity index (χ2v) is 29.1. The zero-order valence-electron chi connectivity index (χ0n) is 72.8. The van der Waals surface area contributed by atoms with Crippen LogP contribution in [-0.4, -0.2) is 64.1 Å². The van der Waals surface area contributed by atoms with Crippen molar-refractivity contribution in [1.29, 1.82) is 0 Å². The van der Waals surface area contributed by atoms with Gasteiger partial charge in [0.25, 0.3) is 0 Å². The number of aliphatic hydroxyl groups is 3. The van der Waals surface area contributed by atoms with Crippen LogP contribution in [0.3, 0.4) is 0 Å². The van der Waals surface area contributed by atoms with Gasteiger partial charge in [0.05, 0.1) is 36.6 Å². The van der Waals surface area contributed by atoms with Gasteiger partial charge in [0.1, 0.15) is 34.5 Å². The van der Waals surface area contributed by atoms with E-state index in [0.717, 1.165) is 59.4 Å². The molecule has 0 bridgehead atoms. The summed E-state index contributed by atoms with van der Waals surface area (Å²) in [6.45, 7) is 49.0. The number of ether oxygens (including phenoxy) is 7. The zero-order chi connectivity index (χ0) is 86.2. The molecule has 6 atom stereocenters. The molecule has 0 saturated heterocycles. The van der Waals surface area contributed by atoms with Gasteiger partial charge in [0.2, 0.25) is 0 Å². The number of benzene rings is 9. The van der Waals surface area contributed by atoms with Gasteiger partial charge in [0.15, 0.2) is 12.6 Å². The quantitative estimate of drug-likeness (QED) is 0.0196. The van der Waals surface area contributed by atoms with Crippen molar-refractivity contribution in [3.8, 4) is 34.5 Å². The third-order valence-electron chi connectivity index (χ3n) is 19.0. The van der Waals surface area contributed by atoms with E-state index in [1.165, 1.54) is 40.7 Å². The van der Waals surface area contributed by atoms with E-state index < -0.39 is 10.8 Å². The summed E-state index contributed by atoms with van der Waals surface area (Å²) in [6, 6.07) is 75.2. The first-order chi connectivity index (χ1) is 54.9. The molecule has 14 nitrogen and oxygen atoms in total. The van der Waals surface area contributed by atoms with Crippen LogP contribution in [-0.2, 0) is 43.7 Å². The molecule has 0 saturated carbocycles. The first kappa shape index (κ1) is 103. The lowest BCUT2D eigenvalue weighted by Crippen LogP contribution is -2.28. The molecule has 0 fully saturated rings. The number of phenolic OH excluding ortho intramolecular Hbond substituents is 1. The van der Waals surface area contributed by atoms with Crippen molar-refractivity contribution < 1.29 is 68.0 Å². The number of carbonyl (C=O) groups is 3. The summed E-state index contributed by atoms with van der Waals surface area (Å²) < 4.78 is 37.2. The Kier molecular flexibility index (Phi) is 53.5. The van der Waals surface area contributed by atoms with Crippen LogP contribution in [0.5, 0.6) is 34.5 Å². The van der Waals surface area contributed by atoms with Crippen LogP contribution in [0, 0.1) is 16.7 Å². The maximum absolute atomic E-state index is 11.7. The lowest BCUT2D eigenvalue weighted by Gasteiger charge is -2.20. The number of phenols is 1. The standard InChI is InChI=1S/C14H22O2.2C13H18O3.C12H16O2.C11H14O3.C10H14O.2C10H14.C8H8/c1-5-11(3)13-7-9-14(10-8-13)16-12(4)15-6-2;2*1-4-13(2,3)12(15)16-11-7-5-10(9-14)6-8-11;1-4-11-6-8-12(9-7-11)14-10(3)13-5-2;1-8(2)11(13)14-10-5-3-9(7-12)4-6-10;1-3-8(2)9-4-6-10(11)7-5-9;2*1-3-9(2)10-7-5-4-6-8-10;1-2-8-6-4-3-5-7-8/h7-12H,5-6H2,1-4H3;2*5-8,14H,4,9H2,1-3H3;4,6-10H,1,5H2,2-3H3;3-6,8,12H,7H2,1-2H3;4-8,11H,3H2,1-2H3;2*4-9H,3H2,1-2H3;2-7H,1H2. The molecular formula is C101H138O14. The minimum absolute atomic E-state index is 0.00158. The van der Waals surface area contributed by atoms with Gasteiger partial charge in [-0.25, -0.2) is 0 Å². The van der Waals surface area contributed by atoms with Crippen molar-refractivity contribution in [1.82, 2.24) is 0 Å². The van der Waals surface area contributed by atoms with Crippen LogP contribution in [0.15, 0.2) is 250 Å². The number of hydrogen-bond donors (Lipinski definition) is 4. The topological polar surface area (TPSA) is 197 Å². The Morgan fingerprint density at radius 1 is 0.348 bits per heavy atom. The molecule has 0 radical (unpaired) electrons. The number of carbonyl (C=O) groups excluding carboxylic acids is 3. The number of esters is 3. The highest BCUT2D eigenvalue weighted by Crippen LogP contribution is 2.28. The Bertz CT molecular complexity index is 3840. The predicted molar refractivity (Wildman–Crippen MR) is 476 cm³/mol. The molecule has 115 heavy (non-hydrogen) atoms. The first-order valence-electron chi connectivity index (χ1n) is 40.6. The second-order valence-electron chi connectivity index (χ2n) is 29.1. The summed E-state index contributed by atoms with van der Waals surface area (Å²) in [5.41, 5.74) is 9.29. The Hall–Kier alpha value is -9.93. The van der Waals surface area contributed by atoms with E-state index in [-0.39, 0.29) is 56.2 Å². The molecule has 6 unspecified atom stereocenters. The van der Waals surface area contributed by atoms with Crippen molar-refractivity contribution in [3.05, 3.63) is 300 Å². The summed E-state index contributed by atoms with van der Waals surface area (Å²) in [5, 5.41) is 35.5. The van der Waals surface area contributed by atoms with Gasteiger partial charge in [-0.15, -0.1) is 0 Å². The van der Waals surface area contributed by atoms with Gasteiger partial charge in [-0.05, 0) is 240 Å². The first-order valence-corrected chi connectivity index (χ1v) is 40.6. The molecule has 9 aromatic rings. The van der Waals surface area contributed by atoms with Crippen LogP contribution in [0.1, 0.15) is 251 Å². The lowest BCUT2D eigenvalue weighted by atomic mass is 9.91. The van der Waals surface area contributed by atoms with E-state index in [9.17, 15) is 14.4 Å². The van der Waals surface area contributed by atoms with Gasteiger partial charge < -0.3 is 53.6 Å². The van der Waals surface area contributed by atoms with Gasteiger partial charge in [-0.1, -0.05) is 272 Å². The highest BCUT2D eigenvalue weighted by Gasteiger charge is 2.28. The highest BCUT2D eigenvalue weighted by atomic mass is 16.7. The third kappa shape index (κ3) is 44.5. The smallest absolute Gasteiger partial charge is 0.316 e. The van der Waals surface area contributed by atoms with E-state index in [0.29, 0.717) is 59.9 Å². The van der Waals surface area contributed by atoms with Crippen LogP contribution >= 0.6 is 0 Å². The molecular weight excluding hydrogens is 1440 g/mol. The number of rotatable bonds is 29. The van der Waals surface area contributed by atoms with E-state index in [2.05, 4.69) is 141 Å². The summed E-state index contributed by atoms with van der Waals surface area (Å²) >= 11 is 0. The fourth-order valence-corrected chi connectivity index (χ4v) is 9.38. The van der Waals surface area contributed by atoms with Crippen molar-refractivity contribution in [2.24, 2.45) is 16.7 Å². The van der Waals surface area contributed by atoms with Crippen molar-refractivity contribution in [2.45, 2.75) is 233 Å². The fourth-order valence-electron chi connectivity index (χ4n) is 9.38. The minimum Gasteiger partial charge on any atom is -0.508 e. The molecule has 0 amide bonds. The number of hydrogen-bond acceptors (Lipinski definition) is 14. The Morgan fingerprint density at radius 3 is 0.870 bits per heavy atom. The Balaban J connectivity index is 0.000000652.